The highest BCUT2D eigenvalue weighted by Gasteiger charge is 2.40. The lowest BCUT2D eigenvalue weighted by Gasteiger charge is -2.28. The summed E-state index contributed by atoms with van der Waals surface area (Å²) < 4.78 is 21.0. The van der Waals surface area contributed by atoms with Crippen LogP contribution >= 0.6 is 0 Å². The van der Waals surface area contributed by atoms with Crippen molar-refractivity contribution in [2.45, 2.75) is 32.6 Å². The molecule has 0 saturated heterocycles. The Hall–Kier alpha value is -0.693. The summed E-state index contributed by atoms with van der Waals surface area (Å²) in [6.45, 7) is 6.93. The molecular weight excluding hydrogens is 228 g/mol. The number of esters is 1. The monoisotopic (exact) mass is 248 g/mol. The average Bonchev–Trinajstić information content (AvgIpc) is 2.28. The molecular formula is C10H20O5Si. The molecule has 6 heteroatoms. The van der Waals surface area contributed by atoms with Gasteiger partial charge in [-0.05, 0) is 6.92 Å². The molecule has 0 heterocycles. The summed E-state index contributed by atoms with van der Waals surface area (Å²) in [4.78, 5) is 11.0. The van der Waals surface area contributed by atoms with Crippen LogP contribution in [-0.2, 0) is 22.8 Å². The van der Waals surface area contributed by atoms with E-state index >= 15 is 0 Å². The van der Waals surface area contributed by atoms with Crippen molar-refractivity contribution in [1.29, 1.82) is 0 Å². The van der Waals surface area contributed by atoms with Crippen LogP contribution in [0.25, 0.3) is 0 Å². The molecule has 0 rings (SSSR count). The highest BCUT2D eigenvalue weighted by Crippen LogP contribution is 2.18. The van der Waals surface area contributed by atoms with Crippen LogP contribution in [0.2, 0.25) is 6.04 Å². The molecule has 0 aliphatic carbocycles. The minimum Gasteiger partial charge on any atom is -0.434 e. The van der Waals surface area contributed by atoms with E-state index in [1.807, 2.05) is 6.92 Å². The van der Waals surface area contributed by atoms with E-state index in [1.54, 1.807) is 6.92 Å². The van der Waals surface area contributed by atoms with Crippen molar-refractivity contribution in [3.63, 3.8) is 0 Å². The Balaban J connectivity index is 4.37. The first-order chi connectivity index (χ1) is 7.53. The van der Waals surface area contributed by atoms with Crippen LogP contribution in [0.5, 0.6) is 0 Å². The number of carbonyl (C=O) groups is 1. The van der Waals surface area contributed by atoms with Crippen molar-refractivity contribution in [3.8, 4) is 0 Å². The van der Waals surface area contributed by atoms with Gasteiger partial charge in [0.25, 0.3) is 0 Å². The standard InChI is InChI=1S/C10H20O5Si/c1-6-8-16(12-4,13-5)15-9(3)14-10(11)7-2/h7,9H,2,6,8H2,1,3-5H3. The Morgan fingerprint density at radius 2 is 2.00 bits per heavy atom. The number of hydrogen-bond acceptors (Lipinski definition) is 5. The Bertz CT molecular complexity index is 227. The summed E-state index contributed by atoms with van der Waals surface area (Å²) in [7, 11) is 0.373. The molecule has 1 atom stereocenters. The van der Waals surface area contributed by atoms with Gasteiger partial charge in [-0.1, -0.05) is 19.9 Å². The Morgan fingerprint density at radius 3 is 2.38 bits per heavy atom. The smallest absolute Gasteiger partial charge is 0.434 e. The van der Waals surface area contributed by atoms with E-state index < -0.39 is 21.1 Å². The van der Waals surface area contributed by atoms with Crippen LogP contribution in [0, 0.1) is 0 Å². The molecule has 0 saturated carbocycles. The molecule has 0 N–H and O–H groups in total. The first-order valence-electron chi connectivity index (χ1n) is 5.14. The van der Waals surface area contributed by atoms with E-state index in [4.69, 9.17) is 18.0 Å². The fraction of sp³-hybridized carbons (Fsp3) is 0.700. The lowest BCUT2D eigenvalue weighted by molar-refractivity contribution is -0.160. The lowest BCUT2D eigenvalue weighted by Crippen LogP contribution is -2.46. The summed E-state index contributed by atoms with van der Waals surface area (Å²) >= 11 is 0. The van der Waals surface area contributed by atoms with Crippen molar-refractivity contribution in [3.05, 3.63) is 12.7 Å². The lowest BCUT2D eigenvalue weighted by atomic mass is 10.6. The summed E-state index contributed by atoms with van der Waals surface area (Å²) in [5.74, 6) is -0.529. The third-order valence-corrected chi connectivity index (χ3v) is 5.02. The van der Waals surface area contributed by atoms with Gasteiger partial charge in [-0.3, -0.25) is 0 Å². The van der Waals surface area contributed by atoms with E-state index in [1.165, 1.54) is 14.2 Å². The van der Waals surface area contributed by atoms with Crippen LogP contribution in [0.4, 0.5) is 0 Å². The topological polar surface area (TPSA) is 54.0 Å². The number of ether oxygens (including phenoxy) is 1. The molecule has 1 unspecified atom stereocenters. The molecule has 0 radical (unpaired) electrons. The predicted octanol–water partition coefficient (Wildman–Crippen LogP) is 1.72. The molecule has 0 bridgehead atoms. The van der Waals surface area contributed by atoms with Gasteiger partial charge in [0.2, 0.25) is 0 Å². The third kappa shape index (κ3) is 4.89. The van der Waals surface area contributed by atoms with E-state index in [2.05, 4.69) is 6.58 Å². The Kier molecular flexibility index (Phi) is 7.23. The molecule has 5 nitrogen and oxygen atoms in total. The van der Waals surface area contributed by atoms with Crippen LogP contribution in [0.1, 0.15) is 20.3 Å². The van der Waals surface area contributed by atoms with E-state index in [0.29, 0.717) is 6.04 Å². The van der Waals surface area contributed by atoms with Crippen molar-refractivity contribution in [1.82, 2.24) is 0 Å². The highest BCUT2D eigenvalue weighted by atomic mass is 28.4. The molecule has 0 spiro atoms. The summed E-state index contributed by atoms with van der Waals surface area (Å²) in [6, 6.07) is 0.677. The molecule has 0 aliphatic heterocycles. The molecule has 16 heavy (non-hydrogen) atoms. The second kappa shape index (κ2) is 7.56. The van der Waals surface area contributed by atoms with Crippen LogP contribution < -0.4 is 0 Å². The third-order valence-electron chi connectivity index (χ3n) is 1.97. The highest BCUT2D eigenvalue weighted by molar-refractivity contribution is 6.60. The normalized spacial score (nSPS) is 13.2. The van der Waals surface area contributed by atoms with E-state index in [-0.39, 0.29) is 0 Å². The zero-order valence-electron chi connectivity index (χ0n) is 10.3. The fourth-order valence-corrected chi connectivity index (χ4v) is 3.29. The average molecular weight is 248 g/mol. The van der Waals surface area contributed by atoms with Crippen LogP contribution in [0.15, 0.2) is 12.7 Å². The maximum Gasteiger partial charge on any atom is 0.503 e. The van der Waals surface area contributed by atoms with E-state index in [9.17, 15) is 4.79 Å². The van der Waals surface area contributed by atoms with Gasteiger partial charge in [-0.2, -0.15) is 0 Å². The van der Waals surface area contributed by atoms with Crippen molar-refractivity contribution >= 4 is 14.8 Å². The first-order valence-corrected chi connectivity index (χ1v) is 7.08. The molecule has 0 amide bonds. The van der Waals surface area contributed by atoms with Crippen molar-refractivity contribution < 1.29 is 22.8 Å². The quantitative estimate of drug-likeness (QED) is 0.283. The van der Waals surface area contributed by atoms with Gasteiger partial charge in [-0.15, -0.1) is 0 Å². The molecule has 0 aromatic carbocycles. The Labute approximate surface area is 97.7 Å². The van der Waals surface area contributed by atoms with Gasteiger partial charge in [0.05, 0.1) is 0 Å². The maximum atomic E-state index is 11.0. The minimum atomic E-state index is -2.70. The fourth-order valence-electron chi connectivity index (χ4n) is 1.24. The zero-order valence-corrected chi connectivity index (χ0v) is 11.3. The molecule has 0 aromatic heterocycles. The summed E-state index contributed by atoms with van der Waals surface area (Å²) in [6.07, 6.45) is 1.25. The molecule has 94 valence electrons. The SMILES string of the molecule is C=CC(=O)OC(C)O[Si](CCC)(OC)OC. The van der Waals surface area contributed by atoms with Gasteiger partial charge in [0, 0.05) is 26.3 Å². The zero-order chi connectivity index (χ0) is 12.6. The van der Waals surface area contributed by atoms with Crippen LogP contribution in [-0.4, -0.2) is 35.3 Å². The van der Waals surface area contributed by atoms with E-state index in [0.717, 1.165) is 12.5 Å². The second-order valence-corrected chi connectivity index (χ2v) is 6.09. The number of hydrogen-bond donors (Lipinski definition) is 0. The summed E-state index contributed by atoms with van der Waals surface area (Å²) in [5.41, 5.74) is 0. The predicted molar refractivity (Wildman–Crippen MR) is 61.7 cm³/mol. The van der Waals surface area contributed by atoms with Gasteiger partial charge in [-0.25, -0.2) is 4.79 Å². The Morgan fingerprint density at radius 1 is 1.44 bits per heavy atom. The van der Waals surface area contributed by atoms with Gasteiger partial charge in [0.1, 0.15) is 0 Å². The van der Waals surface area contributed by atoms with Gasteiger partial charge >= 0.3 is 14.8 Å². The summed E-state index contributed by atoms with van der Waals surface area (Å²) in [5, 5.41) is 0. The van der Waals surface area contributed by atoms with Crippen molar-refractivity contribution in [2.75, 3.05) is 14.2 Å². The van der Waals surface area contributed by atoms with Gasteiger partial charge < -0.3 is 18.0 Å². The molecule has 0 aliphatic rings. The number of carbonyl (C=O) groups excluding carboxylic acids is 1. The maximum absolute atomic E-state index is 11.0. The van der Waals surface area contributed by atoms with Crippen LogP contribution in [0.3, 0.4) is 0 Å². The van der Waals surface area contributed by atoms with Gasteiger partial charge in [0.15, 0.2) is 6.29 Å². The first kappa shape index (κ1) is 15.3. The molecule has 0 fully saturated rings. The molecule has 0 aromatic rings. The van der Waals surface area contributed by atoms with Crippen molar-refractivity contribution in [2.24, 2.45) is 0 Å². The second-order valence-electron chi connectivity index (χ2n) is 3.17. The number of rotatable bonds is 8. The largest absolute Gasteiger partial charge is 0.503 e. The minimum absolute atomic E-state index is 0.529.